The molecule has 27 heavy (non-hydrogen) atoms. The number of nitrogens with zero attached hydrogens (tertiary/aromatic N) is 1. The smallest absolute Gasteiger partial charge is 0.264 e. The molecular weight excluding hydrogens is 388 g/mol. The number of nitrogens with one attached hydrogen (secondary N) is 1. The SMILES string of the molecule is COC[C@H](C)NC(=O)CN(c1cccc(C)c1)S(=O)(=O)c1ccc(Cl)cc1. The molecule has 2 rings (SSSR count). The van der Waals surface area contributed by atoms with Crippen LogP contribution in [0.3, 0.4) is 0 Å². The van der Waals surface area contributed by atoms with Crippen LogP contribution in [0, 0.1) is 6.92 Å². The van der Waals surface area contributed by atoms with Crippen molar-refractivity contribution in [2.75, 3.05) is 24.6 Å². The van der Waals surface area contributed by atoms with Crippen LogP contribution < -0.4 is 9.62 Å². The third-order valence-corrected chi connectivity index (χ3v) is 5.84. The predicted octanol–water partition coefficient (Wildman–Crippen LogP) is 2.99. The van der Waals surface area contributed by atoms with Gasteiger partial charge in [0.25, 0.3) is 10.0 Å². The number of hydrogen-bond acceptors (Lipinski definition) is 4. The van der Waals surface area contributed by atoms with E-state index in [0.717, 1.165) is 9.87 Å². The van der Waals surface area contributed by atoms with Crippen LogP contribution in [-0.2, 0) is 19.6 Å². The number of aryl methyl sites for hydroxylation is 1. The second-order valence-electron chi connectivity index (χ2n) is 6.23. The monoisotopic (exact) mass is 410 g/mol. The van der Waals surface area contributed by atoms with Crippen LogP contribution in [0.1, 0.15) is 12.5 Å². The van der Waals surface area contributed by atoms with Gasteiger partial charge >= 0.3 is 0 Å². The van der Waals surface area contributed by atoms with E-state index >= 15 is 0 Å². The standard InChI is InChI=1S/C19H23ClN2O4S/c1-14-5-4-6-17(11-14)22(12-19(23)21-15(2)13-26-3)27(24,25)18-9-7-16(20)8-10-18/h4-11,15H,12-13H2,1-3H3,(H,21,23)/t15-/m0/s1. The lowest BCUT2D eigenvalue weighted by molar-refractivity contribution is -0.120. The Labute approximate surface area is 165 Å². The van der Waals surface area contributed by atoms with Crippen LogP contribution in [0.25, 0.3) is 0 Å². The highest BCUT2D eigenvalue weighted by Crippen LogP contribution is 2.25. The van der Waals surface area contributed by atoms with Crippen LogP contribution in [0.5, 0.6) is 0 Å². The fourth-order valence-corrected chi connectivity index (χ4v) is 4.11. The van der Waals surface area contributed by atoms with Crippen LogP contribution >= 0.6 is 11.6 Å². The van der Waals surface area contributed by atoms with Crippen LogP contribution in [0.2, 0.25) is 5.02 Å². The summed E-state index contributed by atoms with van der Waals surface area (Å²) in [5.41, 5.74) is 1.30. The van der Waals surface area contributed by atoms with Crippen molar-refractivity contribution in [1.82, 2.24) is 5.32 Å². The molecule has 0 bridgehead atoms. The molecule has 0 saturated carbocycles. The number of rotatable bonds is 8. The molecule has 0 aliphatic carbocycles. The van der Waals surface area contributed by atoms with Crippen LogP contribution in [-0.4, -0.2) is 40.6 Å². The minimum absolute atomic E-state index is 0.0612. The summed E-state index contributed by atoms with van der Waals surface area (Å²) in [6.45, 7) is 3.63. The summed E-state index contributed by atoms with van der Waals surface area (Å²) in [5, 5.41) is 3.17. The molecule has 0 radical (unpaired) electrons. The molecule has 0 aliphatic rings. The highest BCUT2D eigenvalue weighted by molar-refractivity contribution is 7.92. The Hall–Kier alpha value is -2.09. The average Bonchev–Trinajstić information content (AvgIpc) is 2.60. The molecule has 2 aromatic carbocycles. The first-order valence-corrected chi connectivity index (χ1v) is 10.2. The summed E-state index contributed by atoms with van der Waals surface area (Å²) >= 11 is 5.87. The molecule has 0 spiro atoms. The van der Waals surface area contributed by atoms with E-state index in [9.17, 15) is 13.2 Å². The Morgan fingerprint density at radius 1 is 1.22 bits per heavy atom. The maximum absolute atomic E-state index is 13.2. The van der Waals surface area contributed by atoms with E-state index in [1.165, 1.54) is 31.4 Å². The van der Waals surface area contributed by atoms with E-state index in [1.54, 1.807) is 25.1 Å². The number of methoxy groups -OCH3 is 1. The Morgan fingerprint density at radius 3 is 2.48 bits per heavy atom. The predicted molar refractivity (Wildman–Crippen MR) is 107 cm³/mol. The van der Waals surface area contributed by atoms with E-state index in [-0.39, 0.29) is 17.5 Å². The van der Waals surface area contributed by atoms with Gasteiger partial charge in [-0.3, -0.25) is 9.10 Å². The molecule has 1 amide bonds. The molecule has 6 nitrogen and oxygen atoms in total. The highest BCUT2D eigenvalue weighted by atomic mass is 35.5. The third kappa shape index (κ3) is 5.69. The molecule has 2 aromatic rings. The molecular formula is C19H23ClN2O4S. The Morgan fingerprint density at radius 2 is 1.89 bits per heavy atom. The number of benzene rings is 2. The van der Waals surface area contributed by atoms with Gasteiger partial charge in [-0.25, -0.2) is 8.42 Å². The number of sulfonamides is 1. The number of carbonyl (C=O) groups excluding carboxylic acids is 1. The van der Waals surface area contributed by atoms with Crippen molar-refractivity contribution in [3.63, 3.8) is 0 Å². The molecule has 8 heteroatoms. The summed E-state index contributed by atoms with van der Waals surface area (Å²) in [7, 11) is -2.41. The van der Waals surface area contributed by atoms with Gasteiger partial charge in [-0.1, -0.05) is 23.7 Å². The number of ether oxygens (including phenoxy) is 1. The second kappa shape index (κ2) is 9.21. The van der Waals surface area contributed by atoms with Crippen molar-refractivity contribution in [3.05, 3.63) is 59.1 Å². The first kappa shape index (κ1) is 21.2. The molecule has 0 aliphatic heterocycles. The van der Waals surface area contributed by atoms with Gasteiger partial charge in [-0.15, -0.1) is 0 Å². The third-order valence-electron chi connectivity index (χ3n) is 3.80. The van der Waals surface area contributed by atoms with Crippen LogP contribution in [0.15, 0.2) is 53.4 Å². The number of anilines is 1. The first-order valence-electron chi connectivity index (χ1n) is 8.37. The van der Waals surface area contributed by atoms with Gasteiger partial charge in [-0.2, -0.15) is 0 Å². The molecule has 0 aromatic heterocycles. The van der Waals surface area contributed by atoms with Gasteiger partial charge in [0.05, 0.1) is 17.2 Å². The van der Waals surface area contributed by atoms with Crippen molar-refractivity contribution in [2.45, 2.75) is 24.8 Å². The van der Waals surface area contributed by atoms with Crippen LogP contribution in [0.4, 0.5) is 5.69 Å². The lowest BCUT2D eigenvalue weighted by Crippen LogP contribution is -2.44. The maximum Gasteiger partial charge on any atom is 0.264 e. The normalized spacial score (nSPS) is 12.4. The summed E-state index contributed by atoms with van der Waals surface area (Å²) < 4.78 is 32.5. The largest absolute Gasteiger partial charge is 0.383 e. The first-order chi connectivity index (χ1) is 12.7. The fraction of sp³-hybridized carbons (Fsp3) is 0.316. The van der Waals surface area contributed by atoms with E-state index in [4.69, 9.17) is 16.3 Å². The zero-order chi connectivity index (χ0) is 20.0. The van der Waals surface area contributed by atoms with Gasteiger partial charge in [-0.05, 0) is 55.8 Å². The van der Waals surface area contributed by atoms with Crippen molar-refractivity contribution in [2.24, 2.45) is 0 Å². The molecule has 1 N–H and O–H groups in total. The lowest BCUT2D eigenvalue weighted by atomic mass is 10.2. The van der Waals surface area contributed by atoms with Gasteiger partial charge in [0.1, 0.15) is 6.54 Å². The molecule has 0 saturated heterocycles. The molecule has 146 valence electrons. The topological polar surface area (TPSA) is 75.7 Å². The summed E-state index contributed by atoms with van der Waals surface area (Å²) in [4.78, 5) is 12.5. The van der Waals surface area contributed by atoms with Crippen molar-refractivity contribution >= 4 is 33.2 Å². The average molecular weight is 411 g/mol. The Bertz CT molecular complexity index is 885. The number of hydrogen-bond donors (Lipinski definition) is 1. The Kier molecular flexibility index (Phi) is 7.24. The van der Waals surface area contributed by atoms with E-state index in [0.29, 0.717) is 17.3 Å². The fourth-order valence-electron chi connectivity index (χ4n) is 2.57. The number of amides is 1. The second-order valence-corrected chi connectivity index (χ2v) is 8.53. The number of halogens is 1. The zero-order valence-corrected chi connectivity index (χ0v) is 17.0. The summed E-state index contributed by atoms with van der Waals surface area (Å²) in [5.74, 6) is -0.418. The van der Waals surface area contributed by atoms with Gasteiger partial charge in [0.15, 0.2) is 0 Å². The van der Waals surface area contributed by atoms with E-state index < -0.39 is 15.9 Å². The lowest BCUT2D eigenvalue weighted by Gasteiger charge is -2.25. The van der Waals surface area contributed by atoms with Crippen molar-refractivity contribution in [3.8, 4) is 0 Å². The van der Waals surface area contributed by atoms with E-state index in [1.807, 2.05) is 13.0 Å². The van der Waals surface area contributed by atoms with Gasteiger partial charge in [0, 0.05) is 18.2 Å². The zero-order valence-electron chi connectivity index (χ0n) is 15.5. The van der Waals surface area contributed by atoms with Gasteiger partial charge < -0.3 is 10.1 Å². The minimum Gasteiger partial charge on any atom is -0.383 e. The van der Waals surface area contributed by atoms with Gasteiger partial charge in [0.2, 0.25) is 5.91 Å². The molecule has 0 heterocycles. The quantitative estimate of drug-likeness (QED) is 0.725. The van der Waals surface area contributed by atoms with Crippen molar-refractivity contribution < 1.29 is 17.9 Å². The summed E-state index contributed by atoms with van der Waals surface area (Å²) in [6.07, 6.45) is 0. The maximum atomic E-state index is 13.2. The Balaban J connectivity index is 2.38. The highest BCUT2D eigenvalue weighted by Gasteiger charge is 2.27. The van der Waals surface area contributed by atoms with Crippen molar-refractivity contribution in [1.29, 1.82) is 0 Å². The molecule has 0 unspecified atom stereocenters. The minimum atomic E-state index is -3.95. The molecule has 1 atom stereocenters. The molecule has 0 fully saturated rings. The summed E-state index contributed by atoms with van der Waals surface area (Å²) in [6, 6.07) is 12.6. The number of carbonyl (C=O) groups is 1. The van der Waals surface area contributed by atoms with E-state index in [2.05, 4.69) is 5.32 Å².